The molecule has 7 heteroatoms. The van der Waals surface area contributed by atoms with Gasteiger partial charge in [-0.3, -0.25) is 4.79 Å². The summed E-state index contributed by atoms with van der Waals surface area (Å²) in [6.07, 6.45) is 0.540. The van der Waals surface area contributed by atoms with Gasteiger partial charge < -0.3 is 16.6 Å². The Kier molecular flexibility index (Phi) is 5.54. The zero-order chi connectivity index (χ0) is 16.2. The first kappa shape index (κ1) is 17.2. The van der Waals surface area contributed by atoms with Gasteiger partial charge in [0.1, 0.15) is 21.5 Å². The van der Waals surface area contributed by atoms with Gasteiger partial charge in [0, 0.05) is 5.56 Å². The Morgan fingerprint density at radius 2 is 2.00 bits per heavy atom. The summed E-state index contributed by atoms with van der Waals surface area (Å²) < 4.78 is 14.0. The van der Waals surface area contributed by atoms with Gasteiger partial charge in [-0.25, -0.2) is 9.37 Å². The average molecular weight is 311 g/mol. The monoisotopic (exact) mass is 311 g/mol. The highest BCUT2D eigenvalue weighted by atomic mass is 32.1. The van der Waals surface area contributed by atoms with Crippen LogP contribution >= 0.6 is 11.3 Å². The lowest BCUT2D eigenvalue weighted by atomic mass is 9.97. The third-order valence-corrected chi connectivity index (χ3v) is 3.63. The van der Waals surface area contributed by atoms with Crippen LogP contribution in [-0.2, 0) is 5.60 Å². The first-order valence-corrected chi connectivity index (χ1v) is 6.96. The number of carbonyl (C=O) groups excluding carboxylic acids is 1. The summed E-state index contributed by atoms with van der Waals surface area (Å²) in [6, 6.07) is 4.40. The number of nitrogens with zero attached hydrogens (tertiary/aromatic N) is 1. The van der Waals surface area contributed by atoms with Crippen molar-refractivity contribution in [2.45, 2.75) is 19.4 Å². The van der Waals surface area contributed by atoms with Gasteiger partial charge in [-0.2, -0.15) is 0 Å². The molecule has 0 fully saturated rings. The fourth-order valence-electron chi connectivity index (χ4n) is 1.61. The molecule has 0 aliphatic rings. The van der Waals surface area contributed by atoms with Crippen LogP contribution in [0.4, 0.5) is 9.39 Å². The van der Waals surface area contributed by atoms with Crippen LogP contribution in [0.25, 0.3) is 10.6 Å². The second-order valence-electron chi connectivity index (χ2n) is 4.64. The van der Waals surface area contributed by atoms with Crippen molar-refractivity contribution in [1.82, 2.24) is 4.98 Å². The molecule has 2 aromatic rings. The number of benzene rings is 1. The molecule has 5 N–H and O–H groups in total. The third kappa shape index (κ3) is 3.84. The standard InChI is InChI=1S/C13H13FN2O2S.CH5N/c1-13(2,18)7-3-4-8(9(14)5-7)12-16-10(6-17)11(15)19-12;1-2/h3-6,18H,15H2,1-2H3;2H2,1H3. The van der Waals surface area contributed by atoms with Gasteiger partial charge in [-0.05, 0) is 38.6 Å². The third-order valence-electron chi connectivity index (χ3n) is 2.70. The number of rotatable bonds is 3. The smallest absolute Gasteiger partial charge is 0.171 e. The van der Waals surface area contributed by atoms with Crippen LogP contribution in [0.15, 0.2) is 18.2 Å². The number of hydrogen-bond donors (Lipinski definition) is 3. The van der Waals surface area contributed by atoms with E-state index in [1.165, 1.54) is 19.2 Å². The molecule has 0 bridgehead atoms. The molecule has 0 saturated heterocycles. The van der Waals surface area contributed by atoms with Gasteiger partial charge >= 0.3 is 0 Å². The minimum absolute atomic E-state index is 0.117. The van der Waals surface area contributed by atoms with Crippen LogP contribution in [0, 0.1) is 5.82 Å². The summed E-state index contributed by atoms with van der Waals surface area (Å²) in [4.78, 5) is 14.7. The number of nitrogen functional groups attached to an aromatic ring is 1. The maximum Gasteiger partial charge on any atom is 0.171 e. The second kappa shape index (κ2) is 6.75. The summed E-state index contributed by atoms with van der Waals surface area (Å²) >= 11 is 1.05. The lowest BCUT2D eigenvalue weighted by Crippen LogP contribution is -2.15. The lowest BCUT2D eigenvalue weighted by Gasteiger charge is -2.18. The molecule has 1 heterocycles. The number of nitrogens with two attached hydrogens (primary N) is 2. The molecule has 0 aliphatic heterocycles. The van der Waals surface area contributed by atoms with E-state index in [4.69, 9.17) is 5.73 Å². The van der Waals surface area contributed by atoms with Crippen LogP contribution in [0.1, 0.15) is 29.9 Å². The molecule has 21 heavy (non-hydrogen) atoms. The highest BCUT2D eigenvalue weighted by Gasteiger charge is 2.19. The lowest BCUT2D eigenvalue weighted by molar-refractivity contribution is 0.0782. The van der Waals surface area contributed by atoms with Gasteiger partial charge in [-0.1, -0.05) is 17.4 Å². The van der Waals surface area contributed by atoms with E-state index in [1.807, 2.05) is 0 Å². The first-order chi connectivity index (χ1) is 9.82. The SMILES string of the molecule is CC(C)(O)c1ccc(-c2nc(C=O)c(N)s2)c(F)c1.CN. The number of halogens is 1. The molecule has 114 valence electrons. The maximum absolute atomic E-state index is 14.0. The van der Waals surface area contributed by atoms with Crippen LogP contribution in [0.5, 0.6) is 0 Å². The Labute approximate surface area is 126 Å². The Morgan fingerprint density at radius 1 is 1.38 bits per heavy atom. The van der Waals surface area contributed by atoms with Gasteiger partial charge in [0.25, 0.3) is 0 Å². The maximum atomic E-state index is 14.0. The summed E-state index contributed by atoms with van der Waals surface area (Å²) in [7, 11) is 1.50. The number of carbonyl (C=O) groups is 1. The fraction of sp³-hybridized carbons (Fsp3) is 0.286. The Hall–Kier alpha value is -1.83. The van der Waals surface area contributed by atoms with Crippen molar-refractivity contribution in [2.24, 2.45) is 5.73 Å². The van der Waals surface area contributed by atoms with Crippen LogP contribution < -0.4 is 11.5 Å². The Morgan fingerprint density at radius 3 is 2.43 bits per heavy atom. The van der Waals surface area contributed by atoms with E-state index in [9.17, 15) is 14.3 Å². The largest absolute Gasteiger partial charge is 0.389 e. The first-order valence-electron chi connectivity index (χ1n) is 6.15. The molecule has 1 aromatic heterocycles. The minimum Gasteiger partial charge on any atom is -0.389 e. The average Bonchev–Trinajstić information content (AvgIpc) is 2.81. The number of anilines is 1. The molecule has 5 nitrogen and oxygen atoms in total. The van der Waals surface area contributed by atoms with E-state index in [0.29, 0.717) is 16.9 Å². The Balaban J connectivity index is 0.00000106. The van der Waals surface area contributed by atoms with Crippen molar-refractivity contribution in [3.63, 3.8) is 0 Å². The molecule has 0 unspecified atom stereocenters. The number of aromatic nitrogens is 1. The van der Waals surface area contributed by atoms with Gasteiger partial charge in [0.05, 0.1) is 5.60 Å². The predicted molar refractivity (Wildman–Crippen MR) is 82.7 cm³/mol. The van der Waals surface area contributed by atoms with E-state index in [0.717, 1.165) is 11.3 Å². The van der Waals surface area contributed by atoms with Crippen LogP contribution in [0.2, 0.25) is 0 Å². The normalized spacial score (nSPS) is 10.8. The van der Waals surface area contributed by atoms with Crippen molar-refractivity contribution < 1.29 is 14.3 Å². The summed E-state index contributed by atoms with van der Waals surface area (Å²) in [5, 5.41) is 10.4. The van der Waals surface area contributed by atoms with Gasteiger partial charge in [0.2, 0.25) is 0 Å². The van der Waals surface area contributed by atoms with Crippen molar-refractivity contribution in [1.29, 1.82) is 0 Å². The molecule has 0 atom stereocenters. The van der Waals surface area contributed by atoms with Gasteiger partial charge in [0.15, 0.2) is 6.29 Å². The van der Waals surface area contributed by atoms with E-state index < -0.39 is 11.4 Å². The Bertz CT molecular complexity index is 636. The number of aldehydes is 1. The van der Waals surface area contributed by atoms with E-state index >= 15 is 0 Å². The highest BCUT2D eigenvalue weighted by molar-refractivity contribution is 7.19. The van der Waals surface area contributed by atoms with E-state index in [1.54, 1.807) is 19.9 Å². The van der Waals surface area contributed by atoms with Crippen molar-refractivity contribution in [3.05, 3.63) is 35.3 Å². The van der Waals surface area contributed by atoms with Crippen molar-refractivity contribution in [2.75, 3.05) is 12.8 Å². The van der Waals surface area contributed by atoms with Gasteiger partial charge in [-0.15, -0.1) is 0 Å². The molecule has 0 aliphatic carbocycles. The molecular formula is C14H18FN3O2S. The topological polar surface area (TPSA) is 102 Å². The van der Waals surface area contributed by atoms with Crippen LogP contribution in [0.3, 0.4) is 0 Å². The highest BCUT2D eigenvalue weighted by Crippen LogP contribution is 2.32. The summed E-state index contributed by atoms with van der Waals surface area (Å²) in [5.41, 5.74) is 9.83. The molecule has 0 saturated carbocycles. The van der Waals surface area contributed by atoms with E-state index in [2.05, 4.69) is 10.7 Å². The summed E-state index contributed by atoms with van der Waals surface area (Å²) in [6.45, 7) is 3.15. The minimum atomic E-state index is -1.12. The molecule has 1 aromatic carbocycles. The molecule has 0 radical (unpaired) electrons. The van der Waals surface area contributed by atoms with Crippen molar-refractivity contribution in [3.8, 4) is 10.6 Å². The van der Waals surface area contributed by atoms with Crippen LogP contribution in [-0.4, -0.2) is 23.4 Å². The fourth-order valence-corrected chi connectivity index (χ4v) is 2.44. The number of thiazole rings is 1. The second-order valence-corrected chi connectivity index (χ2v) is 5.67. The predicted octanol–water partition coefficient (Wildman–Crippen LogP) is 2.15. The van der Waals surface area contributed by atoms with E-state index in [-0.39, 0.29) is 16.3 Å². The molecule has 0 amide bonds. The summed E-state index contributed by atoms with van der Waals surface area (Å²) in [5.74, 6) is -0.508. The number of aliphatic hydroxyl groups is 1. The zero-order valence-electron chi connectivity index (χ0n) is 12.1. The number of hydrogen-bond acceptors (Lipinski definition) is 6. The molecule has 2 rings (SSSR count). The van der Waals surface area contributed by atoms with Crippen molar-refractivity contribution >= 4 is 22.6 Å². The zero-order valence-corrected chi connectivity index (χ0v) is 12.9. The molecular weight excluding hydrogens is 293 g/mol. The molecule has 0 spiro atoms. The quantitative estimate of drug-likeness (QED) is 0.754.